The molecule has 1 aliphatic heterocycles. The first-order chi connectivity index (χ1) is 8.31. The van der Waals surface area contributed by atoms with Gasteiger partial charge < -0.3 is 10.2 Å². The summed E-state index contributed by atoms with van der Waals surface area (Å²) >= 11 is 0. The second-order valence-electron chi connectivity index (χ2n) is 5.52. The summed E-state index contributed by atoms with van der Waals surface area (Å²) in [4.78, 5) is 2.40. The Morgan fingerprint density at radius 2 is 2.00 bits per heavy atom. The van der Waals surface area contributed by atoms with E-state index < -0.39 is 0 Å². The molecule has 94 valence electrons. The lowest BCUT2D eigenvalue weighted by atomic mass is 9.93. The number of aromatic nitrogens is 2. The fourth-order valence-corrected chi connectivity index (χ4v) is 2.65. The molecule has 0 atom stereocenters. The van der Waals surface area contributed by atoms with Crippen LogP contribution in [0.25, 0.3) is 0 Å². The lowest BCUT2D eigenvalue weighted by Gasteiger charge is -2.29. The minimum Gasteiger partial charge on any atom is -0.380 e. The summed E-state index contributed by atoms with van der Waals surface area (Å²) in [6, 6.07) is 1.30. The number of nitrogens with zero attached hydrogens (tertiary/aromatic N) is 3. The third kappa shape index (κ3) is 2.46. The van der Waals surface area contributed by atoms with E-state index in [2.05, 4.69) is 33.2 Å². The van der Waals surface area contributed by atoms with Crippen LogP contribution in [0, 0.1) is 0 Å². The van der Waals surface area contributed by atoms with Crippen LogP contribution in [-0.2, 0) is 0 Å². The molecule has 1 saturated carbocycles. The van der Waals surface area contributed by atoms with Gasteiger partial charge in [-0.25, -0.2) is 0 Å². The molecule has 0 aromatic carbocycles. The number of anilines is 1. The Labute approximate surface area is 103 Å². The van der Waals surface area contributed by atoms with Crippen molar-refractivity contribution in [3.63, 3.8) is 0 Å². The predicted octanol–water partition coefficient (Wildman–Crippen LogP) is 2.11. The Kier molecular flexibility index (Phi) is 3.05. The first-order valence-corrected chi connectivity index (χ1v) is 6.80. The van der Waals surface area contributed by atoms with Gasteiger partial charge in [0.15, 0.2) is 0 Å². The number of hydrogen-bond donors (Lipinski definition) is 1. The second kappa shape index (κ2) is 4.69. The largest absolute Gasteiger partial charge is 0.380 e. The summed E-state index contributed by atoms with van der Waals surface area (Å²) < 4.78 is 2.14. The van der Waals surface area contributed by atoms with Gasteiger partial charge in [-0.05, 0) is 52.2 Å². The van der Waals surface area contributed by atoms with Gasteiger partial charge in [0.25, 0.3) is 0 Å². The smallest absolute Gasteiger partial charge is 0.0728 e. The zero-order chi connectivity index (χ0) is 11.7. The molecule has 1 aromatic heterocycles. The van der Waals surface area contributed by atoms with Crippen molar-refractivity contribution in [2.45, 2.75) is 44.2 Å². The van der Waals surface area contributed by atoms with Crippen LogP contribution in [0.2, 0.25) is 0 Å². The Balaban J connectivity index is 1.55. The van der Waals surface area contributed by atoms with E-state index in [-0.39, 0.29) is 0 Å². The standard InChI is InChI=1S/C13H22N4/c1-16-7-5-11(6-8-16)15-12-9-14-17(10-12)13-3-2-4-13/h9-11,13,15H,2-8H2,1H3. The topological polar surface area (TPSA) is 33.1 Å². The molecule has 1 aromatic rings. The SMILES string of the molecule is CN1CCC(Nc2cnn(C3CCC3)c2)CC1. The molecular weight excluding hydrogens is 212 g/mol. The highest BCUT2D eigenvalue weighted by Crippen LogP contribution is 2.31. The second-order valence-corrected chi connectivity index (χ2v) is 5.52. The monoisotopic (exact) mass is 234 g/mol. The molecule has 0 unspecified atom stereocenters. The molecule has 3 rings (SSSR count). The fraction of sp³-hybridized carbons (Fsp3) is 0.769. The van der Waals surface area contributed by atoms with Crippen molar-refractivity contribution in [3.8, 4) is 0 Å². The highest BCUT2D eigenvalue weighted by molar-refractivity contribution is 5.39. The molecule has 0 spiro atoms. The maximum atomic E-state index is 4.46. The lowest BCUT2D eigenvalue weighted by molar-refractivity contribution is 0.264. The van der Waals surface area contributed by atoms with Crippen molar-refractivity contribution in [2.24, 2.45) is 0 Å². The minimum atomic E-state index is 0.630. The van der Waals surface area contributed by atoms with Gasteiger partial charge in [-0.2, -0.15) is 5.10 Å². The van der Waals surface area contributed by atoms with E-state index in [0.717, 1.165) is 0 Å². The summed E-state index contributed by atoms with van der Waals surface area (Å²) in [6.45, 7) is 2.41. The number of piperidine rings is 1. The molecule has 17 heavy (non-hydrogen) atoms. The Morgan fingerprint density at radius 1 is 1.24 bits per heavy atom. The van der Waals surface area contributed by atoms with Gasteiger partial charge in [-0.15, -0.1) is 0 Å². The molecular formula is C13H22N4. The maximum Gasteiger partial charge on any atom is 0.0728 e. The number of hydrogen-bond acceptors (Lipinski definition) is 3. The van der Waals surface area contributed by atoms with E-state index in [1.165, 1.54) is 50.9 Å². The number of rotatable bonds is 3. The minimum absolute atomic E-state index is 0.630. The quantitative estimate of drug-likeness (QED) is 0.869. The molecule has 2 aliphatic rings. The maximum absolute atomic E-state index is 4.46. The van der Waals surface area contributed by atoms with Gasteiger partial charge >= 0.3 is 0 Å². The summed E-state index contributed by atoms with van der Waals surface area (Å²) in [5, 5.41) is 8.08. The highest BCUT2D eigenvalue weighted by Gasteiger charge is 2.21. The summed E-state index contributed by atoms with van der Waals surface area (Å²) in [6.07, 6.45) is 10.6. The van der Waals surface area contributed by atoms with E-state index >= 15 is 0 Å². The highest BCUT2D eigenvalue weighted by atomic mass is 15.3. The van der Waals surface area contributed by atoms with Crippen LogP contribution in [-0.4, -0.2) is 40.9 Å². The average Bonchev–Trinajstić information content (AvgIpc) is 2.67. The van der Waals surface area contributed by atoms with E-state index in [9.17, 15) is 0 Å². The zero-order valence-electron chi connectivity index (χ0n) is 10.6. The summed E-state index contributed by atoms with van der Waals surface area (Å²) in [5.74, 6) is 0. The zero-order valence-corrected chi connectivity index (χ0v) is 10.6. The van der Waals surface area contributed by atoms with Crippen molar-refractivity contribution in [1.29, 1.82) is 0 Å². The molecule has 1 saturated heterocycles. The molecule has 1 N–H and O–H groups in total. The number of nitrogens with one attached hydrogen (secondary N) is 1. The van der Waals surface area contributed by atoms with Crippen LogP contribution >= 0.6 is 0 Å². The average molecular weight is 234 g/mol. The molecule has 0 radical (unpaired) electrons. The fourth-order valence-electron chi connectivity index (χ4n) is 2.65. The molecule has 0 bridgehead atoms. The van der Waals surface area contributed by atoms with E-state index in [1.807, 2.05) is 6.20 Å². The van der Waals surface area contributed by atoms with Gasteiger partial charge in [0.1, 0.15) is 0 Å². The summed E-state index contributed by atoms with van der Waals surface area (Å²) in [7, 11) is 2.20. The van der Waals surface area contributed by atoms with Crippen molar-refractivity contribution in [1.82, 2.24) is 14.7 Å². The van der Waals surface area contributed by atoms with Crippen LogP contribution in [0.15, 0.2) is 12.4 Å². The first kappa shape index (κ1) is 11.1. The van der Waals surface area contributed by atoms with Gasteiger partial charge in [0.05, 0.1) is 17.9 Å². The van der Waals surface area contributed by atoms with Crippen molar-refractivity contribution < 1.29 is 0 Å². The first-order valence-electron chi connectivity index (χ1n) is 6.80. The lowest BCUT2D eigenvalue weighted by Crippen LogP contribution is -2.36. The Morgan fingerprint density at radius 3 is 2.65 bits per heavy atom. The van der Waals surface area contributed by atoms with Gasteiger partial charge in [0, 0.05) is 12.2 Å². The van der Waals surface area contributed by atoms with Gasteiger partial charge in [-0.1, -0.05) is 0 Å². The normalized spacial score (nSPS) is 23.6. The van der Waals surface area contributed by atoms with Crippen LogP contribution in [0.3, 0.4) is 0 Å². The van der Waals surface area contributed by atoms with Crippen LogP contribution in [0.5, 0.6) is 0 Å². The third-order valence-electron chi connectivity index (χ3n) is 4.14. The van der Waals surface area contributed by atoms with Crippen LogP contribution < -0.4 is 5.32 Å². The molecule has 4 heteroatoms. The summed E-state index contributed by atoms with van der Waals surface area (Å²) in [5.41, 5.74) is 1.20. The molecule has 0 amide bonds. The van der Waals surface area contributed by atoms with Crippen molar-refractivity contribution in [2.75, 3.05) is 25.5 Å². The van der Waals surface area contributed by atoms with Crippen molar-refractivity contribution >= 4 is 5.69 Å². The Hall–Kier alpha value is -1.03. The number of likely N-dealkylation sites (tertiary alicyclic amines) is 1. The van der Waals surface area contributed by atoms with E-state index in [0.29, 0.717) is 12.1 Å². The predicted molar refractivity (Wildman–Crippen MR) is 69.3 cm³/mol. The van der Waals surface area contributed by atoms with Crippen molar-refractivity contribution in [3.05, 3.63) is 12.4 Å². The third-order valence-corrected chi connectivity index (χ3v) is 4.14. The molecule has 1 aliphatic carbocycles. The molecule has 4 nitrogen and oxygen atoms in total. The van der Waals surface area contributed by atoms with Gasteiger partial charge in [-0.3, -0.25) is 4.68 Å². The molecule has 2 fully saturated rings. The molecule has 2 heterocycles. The van der Waals surface area contributed by atoms with E-state index in [4.69, 9.17) is 0 Å². The van der Waals surface area contributed by atoms with Crippen LogP contribution in [0.1, 0.15) is 38.1 Å². The van der Waals surface area contributed by atoms with Gasteiger partial charge in [0.2, 0.25) is 0 Å². The van der Waals surface area contributed by atoms with Crippen LogP contribution in [0.4, 0.5) is 5.69 Å². The van der Waals surface area contributed by atoms with E-state index in [1.54, 1.807) is 0 Å². The Bertz CT molecular complexity index is 361.